The molecule has 0 radical (unpaired) electrons. The van der Waals surface area contributed by atoms with E-state index in [4.69, 9.17) is 8.83 Å². The highest BCUT2D eigenvalue weighted by atomic mass is 16.3. The summed E-state index contributed by atoms with van der Waals surface area (Å²) in [5, 5.41) is 3.33. The molecule has 0 aliphatic heterocycles. The lowest BCUT2D eigenvalue weighted by atomic mass is 10.2. The van der Waals surface area contributed by atoms with Crippen LogP contribution in [0.1, 0.15) is 18.4 Å². The highest BCUT2D eigenvalue weighted by Gasteiger charge is 1.99. The van der Waals surface area contributed by atoms with E-state index in [0.29, 0.717) is 0 Å². The van der Waals surface area contributed by atoms with Gasteiger partial charge < -0.3 is 14.2 Å². The van der Waals surface area contributed by atoms with Gasteiger partial charge in [0, 0.05) is 6.04 Å². The number of hydrogen-bond acceptors (Lipinski definition) is 3. The zero-order valence-electron chi connectivity index (χ0n) is 9.22. The van der Waals surface area contributed by atoms with Crippen molar-refractivity contribution >= 4 is 6.08 Å². The van der Waals surface area contributed by atoms with Crippen LogP contribution in [0, 0.1) is 0 Å². The monoisotopic (exact) mass is 217 g/mol. The van der Waals surface area contributed by atoms with Crippen LogP contribution >= 0.6 is 0 Å². The number of nitrogens with one attached hydrogen (secondary N) is 1. The highest BCUT2D eigenvalue weighted by Crippen LogP contribution is 2.04. The summed E-state index contributed by atoms with van der Waals surface area (Å²) < 4.78 is 10.4. The van der Waals surface area contributed by atoms with Crippen molar-refractivity contribution in [3.8, 4) is 0 Å². The van der Waals surface area contributed by atoms with Gasteiger partial charge in [0.1, 0.15) is 11.5 Å². The van der Waals surface area contributed by atoms with E-state index >= 15 is 0 Å². The van der Waals surface area contributed by atoms with Crippen LogP contribution in [0.2, 0.25) is 0 Å². The molecule has 16 heavy (non-hydrogen) atoms. The molecule has 0 fully saturated rings. The van der Waals surface area contributed by atoms with Crippen molar-refractivity contribution in [2.24, 2.45) is 0 Å². The smallest absolute Gasteiger partial charge is 0.126 e. The van der Waals surface area contributed by atoms with Crippen molar-refractivity contribution in [2.45, 2.75) is 19.5 Å². The van der Waals surface area contributed by atoms with Crippen LogP contribution in [0.4, 0.5) is 0 Å². The van der Waals surface area contributed by atoms with Crippen molar-refractivity contribution in [1.29, 1.82) is 0 Å². The summed E-state index contributed by atoms with van der Waals surface area (Å²) in [4.78, 5) is 0. The maximum atomic E-state index is 5.23. The van der Waals surface area contributed by atoms with Gasteiger partial charge in [-0.1, -0.05) is 6.08 Å². The fourth-order valence-corrected chi connectivity index (χ4v) is 1.37. The van der Waals surface area contributed by atoms with Crippen molar-refractivity contribution in [3.63, 3.8) is 0 Å². The van der Waals surface area contributed by atoms with Crippen molar-refractivity contribution in [1.82, 2.24) is 5.32 Å². The van der Waals surface area contributed by atoms with Crippen molar-refractivity contribution in [2.75, 3.05) is 0 Å². The van der Waals surface area contributed by atoms with Gasteiger partial charge in [0.2, 0.25) is 0 Å². The van der Waals surface area contributed by atoms with E-state index in [0.717, 1.165) is 18.1 Å². The highest BCUT2D eigenvalue weighted by molar-refractivity contribution is 5.42. The van der Waals surface area contributed by atoms with Gasteiger partial charge in [-0.3, -0.25) is 0 Å². The van der Waals surface area contributed by atoms with E-state index < -0.39 is 0 Å². The van der Waals surface area contributed by atoms with E-state index in [1.165, 1.54) is 0 Å². The third-order valence-corrected chi connectivity index (χ3v) is 2.27. The molecule has 3 nitrogen and oxygen atoms in total. The number of hydrogen-bond donors (Lipinski definition) is 1. The van der Waals surface area contributed by atoms with Crippen LogP contribution in [0.3, 0.4) is 0 Å². The minimum atomic E-state index is 0.273. The fourth-order valence-electron chi connectivity index (χ4n) is 1.37. The van der Waals surface area contributed by atoms with Gasteiger partial charge in [-0.25, -0.2) is 0 Å². The zero-order valence-corrected chi connectivity index (χ0v) is 9.22. The first-order valence-electron chi connectivity index (χ1n) is 5.32. The lowest BCUT2D eigenvalue weighted by Gasteiger charge is -2.06. The molecule has 0 spiro atoms. The first-order chi connectivity index (χ1) is 7.84. The van der Waals surface area contributed by atoms with Crippen LogP contribution in [0.5, 0.6) is 0 Å². The SMILES string of the molecule is C[C@@H](/C=C/c1ccco1)NCc1ccco1. The second-order valence-corrected chi connectivity index (χ2v) is 3.62. The first-order valence-corrected chi connectivity index (χ1v) is 5.32. The number of furan rings is 2. The molecule has 1 atom stereocenters. The molecule has 2 aromatic heterocycles. The van der Waals surface area contributed by atoms with E-state index in [1.807, 2.05) is 30.3 Å². The predicted octanol–water partition coefficient (Wildman–Crippen LogP) is 3.06. The topological polar surface area (TPSA) is 38.3 Å². The summed E-state index contributed by atoms with van der Waals surface area (Å²) in [5.74, 6) is 1.81. The third kappa shape index (κ3) is 3.14. The summed E-state index contributed by atoms with van der Waals surface area (Å²) in [5.41, 5.74) is 0. The summed E-state index contributed by atoms with van der Waals surface area (Å²) in [7, 11) is 0. The average molecular weight is 217 g/mol. The van der Waals surface area contributed by atoms with Crippen LogP contribution in [0.25, 0.3) is 6.08 Å². The van der Waals surface area contributed by atoms with Gasteiger partial charge in [0.25, 0.3) is 0 Å². The lowest BCUT2D eigenvalue weighted by Crippen LogP contribution is -2.22. The Labute approximate surface area is 94.8 Å². The Balaban J connectivity index is 1.78. The minimum absolute atomic E-state index is 0.273. The minimum Gasteiger partial charge on any atom is -0.468 e. The first kappa shape index (κ1) is 10.8. The van der Waals surface area contributed by atoms with Crippen LogP contribution in [0.15, 0.2) is 51.7 Å². The van der Waals surface area contributed by atoms with Crippen LogP contribution in [-0.4, -0.2) is 6.04 Å². The molecule has 0 aromatic carbocycles. The van der Waals surface area contributed by atoms with Gasteiger partial charge in [0.15, 0.2) is 0 Å². The van der Waals surface area contributed by atoms with E-state index in [2.05, 4.69) is 18.3 Å². The maximum Gasteiger partial charge on any atom is 0.126 e. The van der Waals surface area contributed by atoms with Gasteiger partial charge in [-0.2, -0.15) is 0 Å². The van der Waals surface area contributed by atoms with Crippen molar-refractivity contribution < 1.29 is 8.83 Å². The molecular weight excluding hydrogens is 202 g/mol. The number of rotatable bonds is 5. The van der Waals surface area contributed by atoms with E-state index in [1.54, 1.807) is 12.5 Å². The predicted molar refractivity (Wildman–Crippen MR) is 62.8 cm³/mol. The molecular formula is C13H15NO2. The molecule has 3 heteroatoms. The Bertz CT molecular complexity index is 415. The molecule has 0 saturated carbocycles. The average Bonchev–Trinajstić information content (AvgIpc) is 2.96. The second kappa shape index (κ2) is 5.37. The van der Waals surface area contributed by atoms with Gasteiger partial charge in [-0.05, 0) is 37.3 Å². The Morgan fingerprint density at radius 1 is 1.25 bits per heavy atom. The van der Waals surface area contributed by atoms with Gasteiger partial charge >= 0.3 is 0 Å². The second-order valence-electron chi connectivity index (χ2n) is 3.62. The molecule has 0 amide bonds. The Hall–Kier alpha value is -1.74. The summed E-state index contributed by atoms with van der Waals surface area (Å²) in [6.07, 6.45) is 7.36. The zero-order chi connectivity index (χ0) is 11.2. The van der Waals surface area contributed by atoms with Crippen molar-refractivity contribution in [3.05, 3.63) is 54.4 Å². The Kier molecular flexibility index (Phi) is 3.62. The molecule has 0 bridgehead atoms. The largest absolute Gasteiger partial charge is 0.468 e. The molecule has 0 saturated heterocycles. The molecule has 2 heterocycles. The molecule has 0 aliphatic rings. The Morgan fingerprint density at radius 3 is 2.75 bits per heavy atom. The lowest BCUT2D eigenvalue weighted by molar-refractivity contribution is 0.474. The summed E-state index contributed by atoms with van der Waals surface area (Å²) in [6, 6.07) is 7.92. The standard InChI is InChI=1S/C13H15NO2/c1-11(6-7-12-4-2-8-15-12)14-10-13-5-3-9-16-13/h2-9,11,14H,10H2,1H3/b7-6+/t11-/m0/s1. The van der Waals surface area contributed by atoms with Gasteiger partial charge in [-0.15, -0.1) is 0 Å². The summed E-state index contributed by atoms with van der Waals surface area (Å²) >= 11 is 0. The van der Waals surface area contributed by atoms with E-state index in [-0.39, 0.29) is 6.04 Å². The Morgan fingerprint density at radius 2 is 2.06 bits per heavy atom. The quantitative estimate of drug-likeness (QED) is 0.836. The maximum absolute atomic E-state index is 5.23. The molecule has 1 N–H and O–H groups in total. The molecule has 2 rings (SSSR count). The van der Waals surface area contributed by atoms with Crippen LogP contribution < -0.4 is 5.32 Å². The molecule has 0 aliphatic carbocycles. The molecule has 2 aromatic rings. The third-order valence-electron chi connectivity index (χ3n) is 2.27. The normalized spacial score (nSPS) is 13.3. The molecule has 0 unspecified atom stereocenters. The molecule has 84 valence electrons. The van der Waals surface area contributed by atoms with Crippen LogP contribution in [-0.2, 0) is 6.54 Å². The van der Waals surface area contributed by atoms with Gasteiger partial charge in [0.05, 0.1) is 19.1 Å². The van der Waals surface area contributed by atoms with E-state index in [9.17, 15) is 0 Å². The summed E-state index contributed by atoms with van der Waals surface area (Å²) in [6.45, 7) is 2.82. The fraction of sp³-hybridized carbons (Fsp3) is 0.231.